The van der Waals surface area contributed by atoms with Gasteiger partial charge in [-0.25, -0.2) is 18.1 Å². The molecule has 23 heavy (non-hydrogen) atoms. The second-order valence-electron chi connectivity index (χ2n) is 5.45. The summed E-state index contributed by atoms with van der Waals surface area (Å²) >= 11 is 0. The zero-order valence-corrected chi connectivity index (χ0v) is 13.6. The number of aryl methyl sites for hydroxylation is 2. The lowest BCUT2D eigenvalue weighted by Gasteiger charge is -2.07. The Bertz CT molecular complexity index is 1030. The highest BCUT2D eigenvalue weighted by atomic mass is 32.2. The molecule has 0 fully saturated rings. The van der Waals surface area contributed by atoms with Crippen molar-refractivity contribution in [3.8, 4) is 5.69 Å². The highest BCUT2D eigenvalue weighted by molar-refractivity contribution is 7.90. The van der Waals surface area contributed by atoms with Crippen molar-refractivity contribution in [3.05, 3.63) is 52.7 Å². The molecule has 0 unspecified atom stereocenters. The minimum Gasteiger partial charge on any atom is -0.298 e. The van der Waals surface area contributed by atoms with E-state index in [1.807, 2.05) is 31.2 Å². The van der Waals surface area contributed by atoms with Crippen molar-refractivity contribution in [2.24, 2.45) is 0 Å². The van der Waals surface area contributed by atoms with Crippen LogP contribution in [-0.2, 0) is 16.4 Å². The quantitative estimate of drug-likeness (QED) is 0.709. The molecule has 7 nitrogen and oxygen atoms in total. The molecular formula is C15H16N4O3S. The molecule has 0 radical (unpaired) electrons. The third-order valence-corrected chi connectivity index (χ3v) is 4.53. The first-order valence-corrected chi connectivity index (χ1v) is 9.10. The number of fused-ring (bicyclic) bond motifs is 1. The molecule has 8 heteroatoms. The van der Waals surface area contributed by atoms with E-state index in [9.17, 15) is 13.2 Å². The number of rotatable bonds is 4. The van der Waals surface area contributed by atoms with Crippen molar-refractivity contribution in [3.63, 3.8) is 0 Å². The maximum absolute atomic E-state index is 12.4. The van der Waals surface area contributed by atoms with Crippen LogP contribution in [0.1, 0.15) is 5.56 Å². The topological polar surface area (TPSA) is 86.9 Å². The lowest BCUT2D eigenvalue weighted by Crippen LogP contribution is -2.24. The maximum Gasteiger partial charge on any atom is 0.264 e. The van der Waals surface area contributed by atoms with Crippen molar-refractivity contribution in [2.75, 3.05) is 12.0 Å². The number of hydrogen-bond acceptors (Lipinski definition) is 5. The third-order valence-electron chi connectivity index (χ3n) is 3.60. The van der Waals surface area contributed by atoms with Crippen molar-refractivity contribution in [1.82, 2.24) is 19.3 Å². The van der Waals surface area contributed by atoms with Gasteiger partial charge in [-0.15, -0.1) is 0 Å². The summed E-state index contributed by atoms with van der Waals surface area (Å²) in [5.41, 5.74) is 2.03. The lowest BCUT2D eigenvalue weighted by molar-refractivity contribution is 0.592. The average molecular weight is 332 g/mol. The summed E-state index contributed by atoms with van der Waals surface area (Å²) < 4.78 is 25.4. The van der Waals surface area contributed by atoms with Crippen LogP contribution < -0.4 is 5.56 Å². The fourth-order valence-corrected chi connectivity index (χ4v) is 2.88. The van der Waals surface area contributed by atoms with E-state index in [1.165, 1.54) is 17.1 Å². The Balaban J connectivity index is 2.08. The van der Waals surface area contributed by atoms with Crippen molar-refractivity contribution < 1.29 is 8.42 Å². The van der Waals surface area contributed by atoms with Gasteiger partial charge >= 0.3 is 0 Å². The standard InChI is InChI=1S/C15H16N4O3S/c1-11-5-3-4-6-13(11)19-14-12(9-17-19)15(20)18(10-16-14)7-8-23(2,21)22/h3-6,9-10H,7-8H2,1-2H3. The molecule has 120 valence electrons. The molecule has 0 bridgehead atoms. The van der Waals surface area contributed by atoms with Gasteiger partial charge in [0, 0.05) is 12.8 Å². The van der Waals surface area contributed by atoms with Crippen molar-refractivity contribution in [2.45, 2.75) is 13.5 Å². The first-order valence-electron chi connectivity index (χ1n) is 7.04. The largest absolute Gasteiger partial charge is 0.298 e. The van der Waals surface area contributed by atoms with E-state index >= 15 is 0 Å². The summed E-state index contributed by atoms with van der Waals surface area (Å²) in [5, 5.41) is 4.62. The fraction of sp³-hybridized carbons (Fsp3) is 0.267. The monoisotopic (exact) mass is 332 g/mol. The van der Waals surface area contributed by atoms with Gasteiger partial charge in [0.2, 0.25) is 0 Å². The van der Waals surface area contributed by atoms with Crippen LogP contribution in [0, 0.1) is 6.92 Å². The molecule has 3 rings (SSSR count). The molecule has 0 spiro atoms. The molecule has 0 aliphatic heterocycles. The number of hydrogen-bond donors (Lipinski definition) is 0. The molecule has 0 N–H and O–H groups in total. The Morgan fingerprint density at radius 2 is 1.96 bits per heavy atom. The summed E-state index contributed by atoms with van der Waals surface area (Å²) in [6.45, 7) is 2.03. The summed E-state index contributed by atoms with van der Waals surface area (Å²) in [7, 11) is -3.14. The Hall–Kier alpha value is -2.48. The molecule has 1 aromatic carbocycles. The van der Waals surface area contributed by atoms with Crippen molar-refractivity contribution >= 4 is 20.9 Å². The van der Waals surface area contributed by atoms with Gasteiger partial charge in [0.1, 0.15) is 21.6 Å². The minimum absolute atomic E-state index is 0.0795. The molecular weight excluding hydrogens is 316 g/mol. The smallest absolute Gasteiger partial charge is 0.264 e. The van der Waals surface area contributed by atoms with Crippen LogP contribution >= 0.6 is 0 Å². The lowest BCUT2D eigenvalue weighted by atomic mass is 10.2. The number of benzene rings is 1. The minimum atomic E-state index is -3.14. The highest BCUT2D eigenvalue weighted by Gasteiger charge is 2.13. The first kappa shape index (κ1) is 15.4. The van der Waals surface area contributed by atoms with Gasteiger partial charge in [0.05, 0.1) is 17.6 Å². The molecule has 0 aliphatic rings. The molecule has 0 saturated carbocycles. The molecule has 2 heterocycles. The van der Waals surface area contributed by atoms with Crippen LogP contribution in [0.15, 0.2) is 41.6 Å². The van der Waals surface area contributed by atoms with Gasteiger partial charge in [0.15, 0.2) is 5.65 Å². The van der Waals surface area contributed by atoms with Crippen LogP contribution in [0.3, 0.4) is 0 Å². The molecule has 0 saturated heterocycles. The number of aromatic nitrogens is 4. The predicted molar refractivity (Wildman–Crippen MR) is 87.6 cm³/mol. The zero-order valence-electron chi connectivity index (χ0n) is 12.8. The Labute approximate surface area is 133 Å². The van der Waals surface area contributed by atoms with E-state index < -0.39 is 9.84 Å². The van der Waals surface area contributed by atoms with E-state index in [-0.39, 0.29) is 17.9 Å². The van der Waals surface area contributed by atoms with Gasteiger partial charge in [-0.3, -0.25) is 9.36 Å². The van der Waals surface area contributed by atoms with Crippen molar-refractivity contribution in [1.29, 1.82) is 0 Å². The summed E-state index contributed by atoms with van der Waals surface area (Å²) in [4.78, 5) is 16.7. The fourth-order valence-electron chi connectivity index (χ4n) is 2.35. The molecule has 0 atom stereocenters. The summed E-state index contributed by atoms with van der Waals surface area (Å²) in [5.74, 6) is -0.105. The number of sulfone groups is 1. The van der Waals surface area contributed by atoms with Crippen LogP contribution in [0.5, 0.6) is 0 Å². The average Bonchev–Trinajstić information content (AvgIpc) is 2.91. The second-order valence-corrected chi connectivity index (χ2v) is 7.71. The van der Waals surface area contributed by atoms with E-state index in [2.05, 4.69) is 10.1 Å². The maximum atomic E-state index is 12.4. The SMILES string of the molecule is Cc1ccccc1-n1ncc2c(=O)n(CCS(C)(=O)=O)cnc21. The van der Waals surface area contributed by atoms with E-state index in [4.69, 9.17) is 0 Å². The Morgan fingerprint density at radius 1 is 1.22 bits per heavy atom. The van der Waals surface area contributed by atoms with Gasteiger partial charge in [-0.2, -0.15) is 5.10 Å². The van der Waals surface area contributed by atoms with Crippen LogP contribution in [0.2, 0.25) is 0 Å². The Morgan fingerprint density at radius 3 is 2.65 bits per heavy atom. The molecule has 2 aromatic heterocycles. The van der Waals surface area contributed by atoms with Crippen LogP contribution in [0.4, 0.5) is 0 Å². The number of nitrogens with zero attached hydrogens (tertiary/aromatic N) is 4. The van der Waals surface area contributed by atoms with Gasteiger partial charge in [0.25, 0.3) is 5.56 Å². The second kappa shape index (κ2) is 5.62. The first-order chi connectivity index (χ1) is 10.9. The van der Waals surface area contributed by atoms with E-state index in [1.54, 1.807) is 4.68 Å². The van der Waals surface area contributed by atoms with E-state index in [0.29, 0.717) is 11.0 Å². The number of para-hydroxylation sites is 1. The van der Waals surface area contributed by atoms with Crippen LogP contribution in [0.25, 0.3) is 16.7 Å². The summed E-state index contributed by atoms with van der Waals surface area (Å²) in [6.07, 6.45) is 3.97. The third kappa shape index (κ3) is 3.02. The van der Waals surface area contributed by atoms with E-state index in [0.717, 1.165) is 17.5 Å². The predicted octanol–water partition coefficient (Wildman–Crippen LogP) is 0.935. The highest BCUT2D eigenvalue weighted by Crippen LogP contribution is 2.16. The normalized spacial score (nSPS) is 11.9. The van der Waals surface area contributed by atoms with Gasteiger partial charge in [-0.1, -0.05) is 18.2 Å². The molecule has 3 aromatic rings. The van der Waals surface area contributed by atoms with Gasteiger partial charge in [-0.05, 0) is 18.6 Å². The molecule has 0 aliphatic carbocycles. The zero-order chi connectivity index (χ0) is 16.6. The summed E-state index contributed by atoms with van der Waals surface area (Å²) in [6, 6.07) is 7.67. The van der Waals surface area contributed by atoms with Gasteiger partial charge < -0.3 is 0 Å². The Kier molecular flexibility index (Phi) is 3.77. The molecule has 0 amide bonds. The van der Waals surface area contributed by atoms with Crippen LogP contribution in [-0.4, -0.2) is 39.8 Å².